The van der Waals surface area contributed by atoms with Crippen LogP contribution in [0, 0.1) is 5.92 Å². The third-order valence-electron chi connectivity index (χ3n) is 4.69. The Morgan fingerprint density at radius 2 is 1.92 bits per heavy atom. The van der Waals surface area contributed by atoms with Gasteiger partial charge in [0.15, 0.2) is 6.61 Å². The van der Waals surface area contributed by atoms with E-state index in [0.29, 0.717) is 5.92 Å². The zero-order chi connectivity index (χ0) is 17.5. The van der Waals surface area contributed by atoms with Gasteiger partial charge in [-0.1, -0.05) is 48.5 Å². The molecule has 1 amide bonds. The zero-order valence-electron chi connectivity index (χ0n) is 14.8. The Bertz CT molecular complexity index is 685. The van der Waals surface area contributed by atoms with Crippen molar-refractivity contribution in [2.24, 2.45) is 5.92 Å². The predicted octanol–water partition coefficient (Wildman–Crippen LogP) is 3.19. The molecule has 1 unspecified atom stereocenters. The molecule has 4 nitrogen and oxygen atoms in total. The molecule has 2 aromatic rings. The first-order valence-corrected chi connectivity index (χ1v) is 8.97. The molecule has 1 aliphatic heterocycles. The van der Waals surface area contributed by atoms with Crippen LogP contribution in [0.5, 0.6) is 5.75 Å². The van der Waals surface area contributed by atoms with E-state index in [2.05, 4.69) is 17.4 Å². The van der Waals surface area contributed by atoms with E-state index in [1.165, 1.54) is 6.42 Å². The minimum absolute atomic E-state index is 0.0728. The Labute approximate surface area is 149 Å². The number of piperidine rings is 1. The zero-order valence-corrected chi connectivity index (χ0v) is 14.8. The summed E-state index contributed by atoms with van der Waals surface area (Å²) in [6, 6.07) is 18.0. The van der Waals surface area contributed by atoms with Gasteiger partial charge in [-0.15, -0.1) is 0 Å². The smallest absolute Gasteiger partial charge is 0.260 e. The molecule has 1 fully saturated rings. The molecule has 132 valence electrons. The summed E-state index contributed by atoms with van der Waals surface area (Å²) in [6.07, 6.45) is 2.25. The van der Waals surface area contributed by atoms with Crippen LogP contribution in [0.4, 0.5) is 0 Å². The van der Waals surface area contributed by atoms with Crippen LogP contribution in [0.2, 0.25) is 0 Å². The molecule has 25 heavy (non-hydrogen) atoms. The molecule has 0 saturated carbocycles. The molecule has 3 rings (SSSR count). The first-order valence-electron chi connectivity index (χ1n) is 8.97. The lowest BCUT2D eigenvalue weighted by Crippen LogP contribution is -2.44. The normalized spacial score (nSPS) is 17.3. The number of hydrogen-bond donors (Lipinski definition) is 1. The molecule has 2 aromatic carbocycles. The summed E-state index contributed by atoms with van der Waals surface area (Å²) in [5, 5.41) is 3.21. The fourth-order valence-corrected chi connectivity index (χ4v) is 3.43. The van der Waals surface area contributed by atoms with E-state index >= 15 is 0 Å². The molecule has 1 saturated heterocycles. The number of ether oxygens (including phenoxy) is 1. The maximum absolute atomic E-state index is 12.5. The third kappa shape index (κ3) is 4.60. The number of nitrogens with zero attached hydrogens (tertiary/aromatic N) is 1. The van der Waals surface area contributed by atoms with E-state index in [1.807, 2.05) is 54.4 Å². The molecular formula is C21H26N2O2. The van der Waals surface area contributed by atoms with Crippen molar-refractivity contribution in [3.63, 3.8) is 0 Å². The molecule has 0 spiro atoms. The standard InChI is InChI=1S/C21H26N2O2/c1-22-14-17-8-7-13-23(15-17)21(24)16-25-20-12-6-5-11-19(20)18-9-3-2-4-10-18/h2-6,9-12,17,22H,7-8,13-16H2,1H3. The third-order valence-corrected chi connectivity index (χ3v) is 4.69. The molecule has 1 N–H and O–H groups in total. The van der Waals surface area contributed by atoms with Crippen LogP contribution in [0.15, 0.2) is 54.6 Å². The number of benzene rings is 2. The topological polar surface area (TPSA) is 41.6 Å². The van der Waals surface area contributed by atoms with E-state index in [1.54, 1.807) is 0 Å². The van der Waals surface area contributed by atoms with Crippen LogP contribution in [0.1, 0.15) is 12.8 Å². The van der Waals surface area contributed by atoms with Gasteiger partial charge in [-0.25, -0.2) is 0 Å². The van der Waals surface area contributed by atoms with E-state index in [9.17, 15) is 4.79 Å². The van der Waals surface area contributed by atoms with Gasteiger partial charge in [0.25, 0.3) is 5.91 Å². The van der Waals surface area contributed by atoms with Crippen molar-refractivity contribution in [3.05, 3.63) is 54.6 Å². The lowest BCUT2D eigenvalue weighted by Gasteiger charge is -2.32. The van der Waals surface area contributed by atoms with Crippen molar-refractivity contribution in [2.45, 2.75) is 12.8 Å². The van der Waals surface area contributed by atoms with E-state index in [4.69, 9.17) is 4.74 Å². The van der Waals surface area contributed by atoms with Crippen molar-refractivity contribution >= 4 is 5.91 Å². The molecule has 0 aliphatic carbocycles. The van der Waals surface area contributed by atoms with Crippen molar-refractivity contribution in [2.75, 3.05) is 33.3 Å². The van der Waals surface area contributed by atoms with Gasteiger partial charge < -0.3 is 15.0 Å². The Morgan fingerprint density at radius 3 is 2.72 bits per heavy atom. The first kappa shape index (κ1) is 17.5. The number of likely N-dealkylation sites (tertiary alicyclic amines) is 1. The number of para-hydroxylation sites is 1. The first-order chi connectivity index (χ1) is 12.3. The molecule has 0 radical (unpaired) electrons. The Hall–Kier alpha value is -2.33. The van der Waals surface area contributed by atoms with E-state index in [0.717, 1.165) is 42.9 Å². The van der Waals surface area contributed by atoms with Gasteiger partial charge >= 0.3 is 0 Å². The van der Waals surface area contributed by atoms with Crippen molar-refractivity contribution in [1.29, 1.82) is 0 Å². The van der Waals surface area contributed by atoms with Crippen LogP contribution in [0.3, 0.4) is 0 Å². The van der Waals surface area contributed by atoms with Gasteiger partial charge in [-0.05, 0) is 44.0 Å². The van der Waals surface area contributed by atoms with Gasteiger partial charge in [0.2, 0.25) is 0 Å². The van der Waals surface area contributed by atoms with Gasteiger partial charge in [0, 0.05) is 18.7 Å². The van der Waals surface area contributed by atoms with E-state index in [-0.39, 0.29) is 12.5 Å². The van der Waals surface area contributed by atoms with Gasteiger partial charge in [0.05, 0.1) is 0 Å². The lowest BCUT2D eigenvalue weighted by molar-refractivity contribution is -0.135. The number of amides is 1. The minimum atomic E-state index is 0.0728. The van der Waals surface area contributed by atoms with Crippen molar-refractivity contribution in [3.8, 4) is 16.9 Å². The molecular weight excluding hydrogens is 312 g/mol. The highest BCUT2D eigenvalue weighted by Gasteiger charge is 2.23. The van der Waals surface area contributed by atoms with Crippen molar-refractivity contribution in [1.82, 2.24) is 10.2 Å². The second-order valence-electron chi connectivity index (χ2n) is 6.56. The average Bonchev–Trinajstić information content (AvgIpc) is 2.67. The summed E-state index contributed by atoms with van der Waals surface area (Å²) in [5.74, 6) is 1.37. The Balaban J connectivity index is 1.63. The van der Waals surface area contributed by atoms with Crippen LogP contribution in [-0.4, -0.2) is 44.1 Å². The Morgan fingerprint density at radius 1 is 1.16 bits per heavy atom. The summed E-state index contributed by atoms with van der Waals surface area (Å²) in [6.45, 7) is 2.71. The number of nitrogens with one attached hydrogen (secondary N) is 1. The van der Waals surface area contributed by atoms with Crippen LogP contribution < -0.4 is 10.1 Å². The summed E-state index contributed by atoms with van der Waals surface area (Å²) < 4.78 is 5.89. The summed E-state index contributed by atoms with van der Waals surface area (Å²) >= 11 is 0. The highest BCUT2D eigenvalue weighted by Crippen LogP contribution is 2.29. The van der Waals surface area contributed by atoms with Gasteiger partial charge in [0.1, 0.15) is 5.75 Å². The summed E-state index contributed by atoms with van der Waals surface area (Å²) in [5.41, 5.74) is 2.11. The summed E-state index contributed by atoms with van der Waals surface area (Å²) in [4.78, 5) is 14.5. The summed E-state index contributed by atoms with van der Waals surface area (Å²) in [7, 11) is 1.96. The fourth-order valence-electron chi connectivity index (χ4n) is 3.43. The number of rotatable bonds is 6. The monoisotopic (exact) mass is 338 g/mol. The highest BCUT2D eigenvalue weighted by molar-refractivity contribution is 5.78. The van der Waals surface area contributed by atoms with Gasteiger partial charge in [-0.2, -0.15) is 0 Å². The van der Waals surface area contributed by atoms with Crippen LogP contribution in [-0.2, 0) is 4.79 Å². The maximum Gasteiger partial charge on any atom is 0.260 e. The average molecular weight is 338 g/mol. The molecule has 1 heterocycles. The fraction of sp³-hybridized carbons (Fsp3) is 0.381. The maximum atomic E-state index is 12.5. The number of carbonyl (C=O) groups excluding carboxylic acids is 1. The molecule has 4 heteroatoms. The molecule has 0 bridgehead atoms. The second kappa shape index (κ2) is 8.67. The molecule has 1 atom stereocenters. The number of hydrogen-bond acceptors (Lipinski definition) is 3. The minimum Gasteiger partial charge on any atom is -0.483 e. The largest absolute Gasteiger partial charge is 0.483 e. The Kier molecular flexibility index (Phi) is 6.07. The quantitative estimate of drug-likeness (QED) is 0.879. The number of carbonyl (C=O) groups is 1. The predicted molar refractivity (Wildman–Crippen MR) is 101 cm³/mol. The van der Waals surface area contributed by atoms with Crippen molar-refractivity contribution < 1.29 is 9.53 Å². The van der Waals surface area contributed by atoms with Gasteiger partial charge in [-0.3, -0.25) is 4.79 Å². The molecule has 1 aliphatic rings. The molecule has 0 aromatic heterocycles. The van der Waals surface area contributed by atoms with Crippen LogP contribution >= 0.6 is 0 Å². The SMILES string of the molecule is CNCC1CCCN(C(=O)COc2ccccc2-c2ccccc2)C1. The van der Waals surface area contributed by atoms with Crippen LogP contribution in [0.25, 0.3) is 11.1 Å². The second-order valence-corrected chi connectivity index (χ2v) is 6.56. The highest BCUT2D eigenvalue weighted by atomic mass is 16.5. The lowest BCUT2D eigenvalue weighted by atomic mass is 9.98. The van der Waals surface area contributed by atoms with E-state index < -0.39 is 0 Å².